The molecule has 2 amide bonds. The normalized spacial score (nSPS) is 18.4. The van der Waals surface area contributed by atoms with E-state index in [0.29, 0.717) is 29.4 Å². The number of thioether (sulfide) groups is 1. The summed E-state index contributed by atoms with van der Waals surface area (Å²) in [6.45, 7) is 1.27. The fraction of sp³-hybridized carbons (Fsp3) is 0.250. The number of hydrogen-bond acceptors (Lipinski definition) is 3. The molecule has 0 aromatic heterocycles. The second-order valence-electron chi connectivity index (χ2n) is 7.79. The number of halogens is 1. The van der Waals surface area contributed by atoms with Gasteiger partial charge in [-0.3, -0.25) is 14.5 Å². The average molecular weight is 437 g/mol. The Morgan fingerprint density at radius 1 is 0.933 bits per heavy atom. The maximum atomic E-state index is 13.1. The molecular weight excluding hydrogens is 416 g/mol. The van der Waals surface area contributed by atoms with Gasteiger partial charge in [0.25, 0.3) is 5.91 Å². The number of rotatable bonds is 2. The predicted molar refractivity (Wildman–Crippen MR) is 123 cm³/mol. The third-order valence-corrected chi connectivity index (χ3v) is 7.81. The van der Waals surface area contributed by atoms with Crippen molar-refractivity contribution >= 4 is 51.6 Å². The van der Waals surface area contributed by atoms with Crippen LogP contribution in [0.4, 0.5) is 5.69 Å². The van der Waals surface area contributed by atoms with Gasteiger partial charge in [0.1, 0.15) is 0 Å². The summed E-state index contributed by atoms with van der Waals surface area (Å²) < 4.78 is 0. The molecule has 2 fully saturated rings. The highest BCUT2D eigenvalue weighted by atomic mass is 35.5. The van der Waals surface area contributed by atoms with E-state index in [1.165, 1.54) is 0 Å². The standard InChI is InChI=1S/C24H21ClN2O2S/c25-20-7-9-21(10-8-20)27-22(28)16-30-24(27)11-13-26(14-12-24)23(29)19-6-5-17-3-1-2-4-18(17)15-19/h1-10,15H,11-14,16H2. The quantitative estimate of drug-likeness (QED) is 0.554. The number of anilines is 1. The first-order chi connectivity index (χ1) is 14.6. The molecule has 0 saturated carbocycles. The molecule has 152 valence electrons. The van der Waals surface area contributed by atoms with Crippen LogP contribution in [-0.4, -0.2) is 40.4 Å². The third kappa shape index (κ3) is 3.36. The van der Waals surface area contributed by atoms with Crippen LogP contribution >= 0.6 is 23.4 Å². The lowest BCUT2D eigenvalue weighted by Gasteiger charge is -2.44. The van der Waals surface area contributed by atoms with Crippen LogP contribution in [0.3, 0.4) is 0 Å². The van der Waals surface area contributed by atoms with Crippen LogP contribution in [0, 0.1) is 0 Å². The van der Waals surface area contributed by atoms with Gasteiger partial charge in [0.2, 0.25) is 5.91 Å². The zero-order chi connectivity index (χ0) is 20.7. The number of carbonyl (C=O) groups excluding carboxylic acids is 2. The van der Waals surface area contributed by atoms with E-state index < -0.39 is 0 Å². The van der Waals surface area contributed by atoms with Gasteiger partial charge >= 0.3 is 0 Å². The summed E-state index contributed by atoms with van der Waals surface area (Å²) in [6, 6.07) is 21.4. The van der Waals surface area contributed by atoms with Crippen molar-refractivity contribution in [3.63, 3.8) is 0 Å². The van der Waals surface area contributed by atoms with Crippen molar-refractivity contribution in [3.05, 3.63) is 77.3 Å². The first-order valence-corrected chi connectivity index (χ1v) is 11.4. The van der Waals surface area contributed by atoms with Crippen LogP contribution in [0.1, 0.15) is 23.2 Å². The average Bonchev–Trinajstić information content (AvgIpc) is 3.09. The van der Waals surface area contributed by atoms with Crippen LogP contribution < -0.4 is 4.90 Å². The highest BCUT2D eigenvalue weighted by Crippen LogP contribution is 2.47. The maximum Gasteiger partial charge on any atom is 0.253 e. The summed E-state index contributed by atoms with van der Waals surface area (Å²) in [4.78, 5) is 29.4. The highest BCUT2D eigenvalue weighted by molar-refractivity contribution is 8.02. The van der Waals surface area contributed by atoms with Crippen molar-refractivity contribution in [2.75, 3.05) is 23.7 Å². The van der Waals surface area contributed by atoms with Crippen molar-refractivity contribution in [2.45, 2.75) is 17.7 Å². The molecule has 0 atom stereocenters. The smallest absolute Gasteiger partial charge is 0.253 e. The van der Waals surface area contributed by atoms with Crippen molar-refractivity contribution in [1.82, 2.24) is 4.90 Å². The number of benzene rings is 3. The van der Waals surface area contributed by atoms with Gasteiger partial charge in [-0.2, -0.15) is 0 Å². The van der Waals surface area contributed by atoms with Crippen molar-refractivity contribution in [2.24, 2.45) is 0 Å². The van der Waals surface area contributed by atoms with E-state index in [1.807, 2.05) is 76.5 Å². The summed E-state index contributed by atoms with van der Waals surface area (Å²) in [6.07, 6.45) is 1.51. The van der Waals surface area contributed by atoms with Crippen molar-refractivity contribution < 1.29 is 9.59 Å². The summed E-state index contributed by atoms with van der Waals surface area (Å²) in [5, 5.41) is 2.86. The number of fused-ring (bicyclic) bond motifs is 1. The maximum absolute atomic E-state index is 13.1. The zero-order valence-corrected chi connectivity index (χ0v) is 18.0. The Bertz CT molecular complexity index is 1120. The summed E-state index contributed by atoms with van der Waals surface area (Å²) in [5.74, 6) is 0.654. The summed E-state index contributed by atoms with van der Waals surface area (Å²) in [5.41, 5.74) is 1.60. The molecular formula is C24H21ClN2O2S. The molecule has 3 aromatic rings. The lowest BCUT2D eigenvalue weighted by atomic mass is 9.99. The first kappa shape index (κ1) is 19.5. The largest absolute Gasteiger partial charge is 0.338 e. The molecule has 2 aliphatic rings. The fourth-order valence-electron chi connectivity index (χ4n) is 4.45. The molecule has 0 radical (unpaired) electrons. The van der Waals surface area contributed by atoms with Gasteiger partial charge in [0.15, 0.2) is 0 Å². The van der Waals surface area contributed by atoms with Crippen LogP contribution in [0.15, 0.2) is 66.7 Å². The molecule has 2 saturated heterocycles. The highest BCUT2D eigenvalue weighted by Gasteiger charge is 2.49. The second-order valence-corrected chi connectivity index (χ2v) is 9.57. The lowest BCUT2D eigenvalue weighted by molar-refractivity contribution is -0.116. The van der Waals surface area contributed by atoms with Crippen LogP contribution in [0.5, 0.6) is 0 Å². The number of amides is 2. The van der Waals surface area contributed by atoms with Gasteiger partial charge in [-0.05, 0) is 60.0 Å². The fourth-order valence-corrected chi connectivity index (χ4v) is 5.91. The van der Waals surface area contributed by atoms with Gasteiger partial charge in [0.05, 0.1) is 10.6 Å². The number of hydrogen-bond donors (Lipinski definition) is 0. The number of piperidine rings is 1. The molecule has 3 aromatic carbocycles. The van der Waals surface area contributed by atoms with Crippen LogP contribution in [0.2, 0.25) is 5.02 Å². The van der Waals surface area contributed by atoms with Crippen molar-refractivity contribution in [1.29, 1.82) is 0 Å². The van der Waals surface area contributed by atoms with E-state index in [9.17, 15) is 9.59 Å². The molecule has 0 bridgehead atoms. The molecule has 5 rings (SSSR count). The Kier molecular flexibility index (Phi) is 4.95. The molecule has 0 aliphatic carbocycles. The number of nitrogens with zero attached hydrogens (tertiary/aromatic N) is 2. The monoisotopic (exact) mass is 436 g/mol. The van der Waals surface area contributed by atoms with Gasteiger partial charge < -0.3 is 4.90 Å². The Labute approximate surface area is 184 Å². The zero-order valence-electron chi connectivity index (χ0n) is 16.4. The lowest BCUT2D eigenvalue weighted by Crippen LogP contribution is -2.53. The molecule has 0 N–H and O–H groups in total. The minimum absolute atomic E-state index is 0.0583. The second kappa shape index (κ2) is 7.64. The first-order valence-electron chi connectivity index (χ1n) is 10.1. The molecule has 4 nitrogen and oxygen atoms in total. The molecule has 0 unspecified atom stereocenters. The summed E-state index contributed by atoms with van der Waals surface area (Å²) in [7, 11) is 0. The minimum atomic E-state index is -0.287. The SMILES string of the molecule is O=C(c1ccc2ccccc2c1)N1CCC2(CC1)SCC(=O)N2c1ccc(Cl)cc1. The molecule has 6 heteroatoms. The molecule has 2 heterocycles. The van der Waals surface area contributed by atoms with Gasteiger partial charge in [-0.15, -0.1) is 11.8 Å². The Hall–Kier alpha value is -2.50. The van der Waals surface area contributed by atoms with E-state index in [1.54, 1.807) is 11.8 Å². The molecule has 1 spiro atoms. The van der Waals surface area contributed by atoms with Gasteiger partial charge in [-0.1, -0.05) is 41.9 Å². The number of carbonyl (C=O) groups is 2. The van der Waals surface area contributed by atoms with Crippen molar-refractivity contribution in [3.8, 4) is 0 Å². The van der Waals surface area contributed by atoms with E-state index in [0.717, 1.165) is 29.3 Å². The van der Waals surface area contributed by atoms with E-state index >= 15 is 0 Å². The minimum Gasteiger partial charge on any atom is -0.338 e. The van der Waals surface area contributed by atoms with Gasteiger partial charge in [-0.25, -0.2) is 0 Å². The van der Waals surface area contributed by atoms with E-state index in [4.69, 9.17) is 11.6 Å². The molecule has 30 heavy (non-hydrogen) atoms. The Morgan fingerprint density at radius 3 is 2.37 bits per heavy atom. The number of likely N-dealkylation sites (tertiary alicyclic amines) is 1. The van der Waals surface area contributed by atoms with E-state index in [2.05, 4.69) is 0 Å². The van der Waals surface area contributed by atoms with E-state index in [-0.39, 0.29) is 16.7 Å². The summed E-state index contributed by atoms with van der Waals surface area (Å²) >= 11 is 7.73. The predicted octanol–water partition coefficient (Wildman–Crippen LogP) is 5.21. The van der Waals surface area contributed by atoms with Crippen LogP contribution in [-0.2, 0) is 4.79 Å². The topological polar surface area (TPSA) is 40.6 Å². The van der Waals surface area contributed by atoms with Crippen LogP contribution in [0.25, 0.3) is 10.8 Å². The third-order valence-electron chi connectivity index (χ3n) is 6.03. The van der Waals surface area contributed by atoms with Gasteiger partial charge in [0, 0.05) is 29.4 Å². The Balaban J connectivity index is 1.35. The Morgan fingerprint density at radius 2 is 1.63 bits per heavy atom. The molecule has 2 aliphatic heterocycles.